The van der Waals surface area contributed by atoms with Gasteiger partial charge in [-0.15, -0.1) is 0 Å². The number of rotatable bonds is 10. The molecular weight excluding hydrogens is 298 g/mol. The average Bonchev–Trinajstić information content (AvgIpc) is 3.33. The second-order valence-corrected chi connectivity index (χ2v) is 5.37. The molecule has 6 heteroatoms. The molecule has 1 unspecified atom stereocenters. The highest BCUT2D eigenvalue weighted by molar-refractivity contribution is 5.87. The summed E-state index contributed by atoms with van der Waals surface area (Å²) >= 11 is 0. The van der Waals surface area contributed by atoms with Gasteiger partial charge in [0.1, 0.15) is 12.7 Å². The van der Waals surface area contributed by atoms with E-state index in [0.717, 1.165) is 26.1 Å². The first-order chi connectivity index (χ1) is 10.8. The molecule has 0 aromatic rings. The van der Waals surface area contributed by atoms with Crippen molar-refractivity contribution in [3.63, 3.8) is 0 Å². The Morgan fingerprint density at radius 3 is 2.26 bits per heavy atom. The van der Waals surface area contributed by atoms with Crippen molar-refractivity contribution in [1.29, 1.82) is 0 Å². The molecule has 1 fully saturated rings. The number of hydrogen-bond donors (Lipinski definition) is 1. The van der Waals surface area contributed by atoms with Crippen LogP contribution in [0, 0.1) is 0 Å². The molecule has 1 aliphatic rings. The second-order valence-electron chi connectivity index (χ2n) is 5.37. The van der Waals surface area contributed by atoms with Gasteiger partial charge in [0.25, 0.3) is 0 Å². The van der Waals surface area contributed by atoms with Gasteiger partial charge >= 0.3 is 11.9 Å². The maximum Gasteiger partial charge on any atom is 0.333 e. The first kappa shape index (κ1) is 21.3. The third-order valence-electron chi connectivity index (χ3n) is 3.30. The Labute approximate surface area is 138 Å². The molecule has 1 saturated heterocycles. The monoisotopic (exact) mass is 327 g/mol. The average molecular weight is 327 g/mol. The Kier molecular flexibility index (Phi) is 11.0. The van der Waals surface area contributed by atoms with Gasteiger partial charge < -0.3 is 19.5 Å². The number of ether oxygens (including phenoxy) is 2. The smallest absolute Gasteiger partial charge is 0.333 e. The number of hydrogen-bond acceptors (Lipinski definition) is 5. The summed E-state index contributed by atoms with van der Waals surface area (Å²) in [5.41, 5.74) is 0.743. The third kappa shape index (κ3) is 11.5. The number of carbonyl (C=O) groups is 2. The van der Waals surface area contributed by atoms with E-state index in [1.54, 1.807) is 6.92 Å². The van der Waals surface area contributed by atoms with Crippen LogP contribution >= 0.6 is 0 Å². The molecule has 1 N–H and O–H groups in total. The molecule has 23 heavy (non-hydrogen) atoms. The van der Waals surface area contributed by atoms with Crippen LogP contribution in [0.25, 0.3) is 0 Å². The van der Waals surface area contributed by atoms with E-state index >= 15 is 0 Å². The zero-order valence-corrected chi connectivity index (χ0v) is 14.5. The molecule has 132 valence electrons. The molecule has 0 spiro atoms. The van der Waals surface area contributed by atoms with Crippen molar-refractivity contribution in [2.45, 2.75) is 39.7 Å². The number of aliphatic carboxylic acids is 1. The van der Waals surface area contributed by atoms with Crippen LogP contribution in [0.15, 0.2) is 24.3 Å². The van der Waals surface area contributed by atoms with Gasteiger partial charge in [0, 0.05) is 11.1 Å². The normalized spacial score (nSPS) is 15.4. The first-order valence-electron chi connectivity index (χ1n) is 7.89. The van der Waals surface area contributed by atoms with Gasteiger partial charge in [0.15, 0.2) is 0 Å². The molecule has 1 heterocycles. The summed E-state index contributed by atoms with van der Waals surface area (Å²) in [4.78, 5) is 23.4. The van der Waals surface area contributed by atoms with E-state index in [1.807, 2.05) is 0 Å². The van der Waals surface area contributed by atoms with Crippen molar-refractivity contribution in [2.24, 2.45) is 0 Å². The van der Waals surface area contributed by atoms with E-state index in [2.05, 4.69) is 31.9 Å². The van der Waals surface area contributed by atoms with Crippen molar-refractivity contribution < 1.29 is 24.2 Å². The van der Waals surface area contributed by atoms with Gasteiger partial charge in [-0.05, 0) is 39.4 Å². The fraction of sp³-hybridized carbons (Fsp3) is 0.647. The van der Waals surface area contributed by atoms with Crippen LogP contribution in [0.2, 0.25) is 0 Å². The Hall–Kier alpha value is -1.66. The molecule has 1 atom stereocenters. The molecule has 0 saturated carbocycles. The summed E-state index contributed by atoms with van der Waals surface area (Å²) < 4.78 is 9.60. The lowest BCUT2D eigenvalue weighted by molar-refractivity contribution is -0.139. The number of carboxylic acids is 1. The second kappa shape index (κ2) is 11.8. The largest absolute Gasteiger partial charge is 0.478 e. The summed E-state index contributed by atoms with van der Waals surface area (Å²) in [6.45, 7) is 16.8. The summed E-state index contributed by atoms with van der Waals surface area (Å²) in [7, 11) is 0. The number of carbonyl (C=O) groups excluding carboxylic acids is 1. The molecule has 1 aliphatic heterocycles. The number of epoxide rings is 1. The van der Waals surface area contributed by atoms with Crippen molar-refractivity contribution in [3.05, 3.63) is 24.3 Å². The molecular formula is C17H29NO5. The van der Waals surface area contributed by atoms with Crippen molar-refractivity contribution in [1.82, 2.24) is 4.90 Å². The molecule has 0 aromatic carbocycles. The summed E-state index contributed by atoms with van der Waals surface area (Å²) in [5.74, 6) is -1.21. The number of nitrogens with zero attached hydrogens (tertiary/aromatic N) is 1. The fourth-order valence-corrected chi connectivity index (χ4v) is 1.62. The predicted molar refractivity (Wildman–Crippen MR) is 89.3 cm³/mol. The highest BCUT2D eigenvalue weighted by Gasteiger charge is 2.24. The SMILES string of the molecule is C=C(C)C(=O)OCC1CO1.C=C(CCCN(CC)CC)C(=O)O. The molecule has 0 aromatic heterocycles. The van der Waals surface area contributed by atoms with Gasteiger partial charge in [0.2, 0.25) is 0 Å². The molecule has 1 rings (SSSR count). The van der Waals surface area contributed by atoms with E-state index in [1.165, 1.54) is 0 Å². The summed E-state index contributed by atoms with van der Waals surface area (Å²) in [6.07, 6.45) is 1.61. The minimum atomic E-state index is -0.875. The van der Waals surface area contributed by atoms with Gasteiger partial charge in [-0.2, -0.15) is 0 Å². The molecule has 6 nitrogen and oxygen atoms in total. The van der Waals surface area contributed by atoms with Gasteiger partial charge in [0.05, 0.1) is 6.61 Å². The molecule has 0 bridgehead atoms. The molecule has 0 amide bonds. The topological polar surface area (TPSA) is 79.4 Å². The third-order valence-corrected chi connectivity index (χ3v) is 3.30. The van der Waals surface area contributed by atoms with Crippen LogP contribution in [-0.2, 0) is 19.1 Å². The van der Waals surface area contributed by atoms with Crippen molar-refractivity contribution in [2.75, 3.05) is 32.8 Å². The van der Waals surface area contributed by atoms with Gasteiger partial charge in [-0.3, -0.25) is 0 Å². The van der Waals surface area contributed by atoms with Crippen molar-refractivity contribution in [3.8, 4) is 0 Å². The quantitative estimate of drug-likeness (QED) is 0.377. The lowest BCUT2D eigenvalue weighted by atomic mass is 10.1. The Bertz CT molecular complexity index is 411. The van der Waals surface area contributed by atoms with Gasteiger partial charge in [-0.25, -0.2) is 9.59 Å². The van der Waals surface area contributed by atoms with Crippen LogP contribution in [0.4, 0.5) is 0 Å². The summed E-state index contributed by atoms with van der Waals surface area (Å²) in [5, 5.41) is 8.55. The Morgan fingerprint density at radius 2 is 1.87 bits per heavy atom. The van der Waals surface area contributed by atoms with E-state index in [-0.39, 0.29) is 12.1 Å². The molecule has 0 radical (unpaired) electrons. The van der Waals surface area contributed by atoms with Crippen molar-refractivity contribution >= 4 is 11.9 Å². The number of carboxylic acid groups (broad SMARTS) is 1. The minimum Gasteiger partial charge on any atom is -0.478 e. The first-order valence-corrected chi connectivity index (χ1v) is 7.89. The lowest BCUT2D eigenvalue weighted by Crippen LogP contribution is -2.24. The van der Waals surface area contributed by atoms with Gasteiger partial charge in [-0.1, -0.05) is 27.0 Å². The van der Waals surface area contributed by atoms with Crippen LogP contribution in [0.1, 0.15) is 33.6 Å². The lowest BCUT2D eigenvalue weighted by Gasteiger charge is -2.17. The predicted octanol–water partition coefficient (Wildman–Crippen LogP) is 2.25. The highest BCUT2D eigenvalue weighted by atomic mass is 16.6. The van der Waals surface area contributed by atoms with E-state index in [9.17, 15) is 9.59 Å². The standard InChI is InChI=1S/C10H19NO2.C7H10O3/c1-4-11(5-2)8-6-7-9(3)10(12)13;1-5(2)7(8)10-4-6-3-9-6/h3-8H2,1-2H3,(H,12,13);6H,1,3-4H2,2H3. The maximum atomic E-state index is 10.7. The van der Waals surface area contributed by atoms with Crippen LogP contribution in [0.3, 0.4) is 0 Å². The van der Waals surface area contributed by atoms with E-state index in [0.29, 0.717) is 30.8 Å². The van der Waals surface area contributed by atoms with Crippen LogP contribution in [-0.4, -0.2) is 60.9 Å². The van der Waals surface area contributed by atoms with E-state index in [4.69, 9.17) is 14.6 Å². The Balaban J connectivity index is 0.000000433. The maximum absolute atomic E-state index is 10.7. The zero-order chi connectivity index (χ0) is 17.8. The number of esters is 1. The van der Waals surface area contributed by atoms with E-state index < -0.39 is 5.97 Å². The molecule has 0 aliphatic carbocycles. The minimum absolute atomic E-state index is 0.142. The van der Waals surface area contributed by atoms with Crippen LogP contribution < -0.4 is 0 Å². The summed E-state index contributed by atoms with van der Waals surface area (Å²) in [6, 6.07) is 0. The zero-order valence-electron chi connectivity index (χ0n) is 14.5. The van der Waals surface area contributed by atoms with Crippen LogP contribution in [0.5, 0.6) is 0 Å². The Morgan fingerprint density at radius 1 is 1.30 bits per heavy atom. The highest BCUT2D eigenvalue weighted by Crippen LogP contribution is 2.09. The fourth-order valence-electron chi connectivity index (χ4n) is 1.62.